The summed E-state index contributed by atoms with van der Waals surface area (Å²) in [6, 6.07) is 7.72. The zero-order valence-corrected chi connectivity index (χ0v) is 13.0. The number of anilines is 1. The summed E-state index contributed by atoms with van der Waals surface area (Å²) < 4.78 is 0.975. The van der Waals surface area contributed by atoms with Gasteiger partial charge in [0.2, 0.25) is 0 Å². The number of amides is 1. The maximum absolute atomic E-state index is 12.2. The molecule has 0 spiro atoms. The highest BCUT2D eigenvalue weighted by Crippen LogP contribution is 2.24. The van der Waals surface area contributed by atoms with Crippen molar-refractivity contribution in [3.05, 3.63) is 44.9 Å². The largest absolute Gasteiger partial charge is 0.375 e. The number of rotatable bonds is 3. The summed E-state index contributed by atoms with van der Waals surface area (Å²) in [5, 5.41) is 3.37. The van der Waals surface area contributed by atoms with E-state index in [2.05, 4.69) is 26.2 Å². The molecule has 1 heterocycles. The molecule has 1 amide bonds. The molecule has 0 radical (unpaired) electrons. The molecule has 0 saturated carbocycles. The normalized spacial score (nSPS) is 12.2. The third-order valence-electron chi connectivity index (χ3n) is 2.74. The molecule has 1 aromatic carbocycles. The van der Waals surface area contributed by atoms with E-state index < -0.39 is 0 Å². The Morgan fingerprint density at radius 1 is 1.47 bits per heavy atom. The summed E-state index contributed by atoms with van der Waals surface area (Å²) in [5.74, 6) is -0.144. The van der Waals surface area contributed by atoms with Crippen LogP contribution in [0, 0.1) is 6.92 Å². The summed E-state index contributed by atoms with van der Waals surface area (Å²) in [7, 11) is 0. The Hall–Kier alpha value is -1.40. The summed E-state index contributed by atoms with van der Waals surface area (Å²) in [5.41, 5.74) is 7.30. The molecule has 3 N–H and O–H groups in total. The van der Waals surface area contributed by atoms with Gasteiger partial charge in [0.1, 0.15) is 4.88 Å². The molecule has 0 fully saturated rings. The Balaban J connectivity index is 2.15. The van der Waals surface area contributed by atoms with Gasteiger partial charge in [0.25, 0.3) is 5.91 Å². The minimum atomic E-state index is -0.144. The highest BCUT2D eigenvalue weighted by Gasteiger charge is 2.17. The van der Waals surface area contributed by atoms with Crippen molar-refractivity contribution in [2.75, 3.05) is 5.73 Å². The number of nitrogens with one attached hydrogen (secondary N) is 1. The summed E-state index contributed by atoms with van der Waals surface area (Å²) in [6.07, 6.45) is 0. The molecular formula is C13H14BrN3OS. The number of aromatic nitrogens is 1. The topological polar surface area (TPSA) is 68.0 Å². The van der Waals surface area contributed by atoms with Gasteiger partial charge in [-0.25, -0.2) is 4.98 Å². The van der Waals surface area contributed by atoms with E-state index in [9.17, 15) is 4.79 Å². The van der Waals surface area contributed by atoms with Crippen LogP contribution in [0.4, 0.5) is 5.13 Å². The van der Waals surface area contributed by atoms with Gasteiger partial charge in [-0.05, 0) is 25.5 Å². The van der Waals surface area contributed by atoms with Crippen molar-refractivity contribution in [1.29, 1.82) is 0 Å². The number of carbonyl (C=O) groups is 1. The Labute approximate surface area is 124 Å². The number of halogens is 1. The first-order chi connectivity index (χ1) is 8.99. The van der Waals surface area contributed by atoms with Crippen LogP contribution in [0.2, 0.25) is 0 Å². The van der Waals surface area contributed by atoms with E-state index in [4.69, 9.17) is 5.73 Å². The van der Waals surface area contributed by atoms with E-state index in [1.165, 1.54) is 11.3 Å². The number of nitrogens with two attached hydrogens (primary N) is 1. The number of hydrogen-bond acceptors (Lipinski definition) is 4. The van der Waals surface area contributed by atoms with Crippen LogP contribution in [0.5, 0.6) is 0 Å². The first-order valence-corrected chi connectivity index (χ1v) is 7.38. The van der Waals surface area contributed by atoms with Crippen molar-refractivity contribution in [2.45, 2.75) is 19.9 Å². The van der Waals surface area contributed by atoms with Crippen molar-refractivity contribution in [3.8, 4) is 0 Å². The minimum Gasteiger partial charge on any atom is -0.375 e. The maximum Gasteiger partial charge on any atom is 0.263 e. The van der Waals surface area contributed by atoms with Crippen molar-refractivity contribution in [2.24, 2.45) is 0 Å². The average molecular weight is 340 g/mol. The lowest BCUT2D eigenvalue weighted by atomic mass is 10.1. The Morgan fingerprint density at radius 3 is 2.74 bits per heavy atom. The second kappa shape index (κ2) is 5.71. The zero-order valence-electron chi connectivity index (χ0n) is 10.6. The van der Waals surface area contributed by atoms with Gasteiger partial charge >= 0.3 is 0 Å². The molecule has 1 atom stereocenters. The SMILES string of the molecule is Cc1nc(N)sc1C(=O)N[C@@H](C)c1ccccc1Br. The van der Waals surface area contributed by atoms with E-state index in [0.717, 1.165) is 10.0 Å². The van der Waals surface area contributed by atoms with Crippen LogP contribution < -0.4 is 11.1 Å². The summed E-state index contributed by atoms with van der Waals surface area (Å²) in [4.78, 5) is 16.8. The molecule has 6 heteroatoms. The third-order valence-corrected chi connectivity index (χ3v) is 4.45. The maximum atomic E-state index is 12.2. The van der Waals surface area contributed by atoms with Crippen LogP contribution in [-0.4, -0.2) is 10.9 Å². The Kier molecular flexibility index (Phi) is 4.21. The molecule has 0 aliphatic carbocycles. The van der Waals surface area contributed by atoms with Crippen LogP contribution in [-0.2, 0) is 0 Å². The van der Waals surface area contributed by atoms with Gasteiger partial charge in [-0.1, -0.05) is 45.5 Å². The minimum absolute atomic E-state index is 0.0919. The van der Waals surface area contributed by atoms with E-state index >= 15 is 0 Å². The van der Waals surface area contributed by atoms with Gasteiger partial charge in [-0.3, -0.25) is 4.79 Å². The Morgan fingerprint density at radius 2 is 2.16 bits per heavy atom. The fourth-order valence-corrected chi connectivity index (χ4v) is 3.16. The van der Waals surface area contributed by atoms with E-state index in [1.54, 1.807) is 6.92 Å². The molecule has 2 rings (SSSR count). The van der Waals surface area contributed by atoms with Crippen molar-refractivity contribution >= 4 is 38.3 Å². The smallest absolute Gasteiger partial charge is 0.263 e. The van der Waals surface area contributed by atoms with Crippen LogP contribution in [0.25, 0.3) is 0 Å². The first kappa shape index (κ1) is 14.0. The van der Waals surface area contributed by atoms with Gasteiger partial charge in [-0.15, -0.1) is 0 Å². The van der Waals surface area contributed by atoms with Crippen molar-refractivity contribution in [1.82, 2.24) is 10.3 Å². The average Bonchev–Trinajstić information content (AvgIpc) is 2.69. The standard InChI is InChI=1S/C13H14BrN3OS/c1-7(9-5-3-4-6-10(9)14)16-12(18)11-8(2)17-13(15)19-11/h3-7H,1-2H3,(H2,15,17)(H,16,18)/t7-/m0/s1. The molecule has 1 aromatic heterocycles. The van der Waals surface area contributed by atoms with Crippen LogP contribution >= 0.6 is 27.3 Å². The Bertz CT molecular complexity index is 612. The third kappa shape index (κ3) is 3.13. The van der Waals surface area contributed by atoms with Crippen LogP contribution in [0.1, 0.15) is 33.9 Å². The molecule has 4 nitrogen and oxygen atoms in total. The predicted molar refractivity (Wildman–Crippen MR) is 81.3 cm³/mol. The van der Waals surface area contributed by atoms with E-state index in [0.29, 0.717) is 15.7 Å². The highest BCUT2D eigenvalue weighted by molar-refractivity contribution is 9.10. The molecule has 0 bridgehead atoms. The van der Waals surface area contributed by atoms with Gasteiger partial charge in [-0.2, -0.15) is 0 Å². The lowest BCUT2D eigenvalue weighted by Gasteiger charge is -2.15. The molecule has 0 unspecified atom stereocenters. The number of thiazole rings is 1. The van der Waals surface area contributed by atoms with E-state index in [-0.39, 0.29) is 11.9 Å². The number of nitrogens with zero attached hydrogens (tertiary/aromatic N) is 1. The monoisotopic (exact) mass is 339 g/mol. The first-order valence-electron chi connectivity index (χ1n) is 5.77. The lowest BCUT2D eigenvalue weighted by Crippen LogP contribution is -2.26. The van der Waals surface area contributed by atoms with Crippen LogP contribution in [0.3, 0.4) is 0 Å². The van der Waals surface area contributed by atoms with Crippen molar-refractivity contribution in [3.63, 3.8) is 0 Å². The quantitative estimate of drug-likeness (QED) is 0.901. The van der Waals surface area contributed by atoms with Gasteiger partial charge in [0.15, 0.2) is 5.13 Å². The number of benzene rings is 1. The fourth-order valence-electron chi connectivity index (χ4n) is 1.79. The second-order valence-corrected chi connectivity index (χ2v) is 6.07. The van der Waals surface area contributed by atoms with E-state index in [1.807, 2.05) is 31.2 Å². The van der Waals surface area contributed by atoms with Gasteiger partial charge in [0.05, 0.1) is 11.7 Å². The number of carbonyl (C=O) groups excluding carboxylic acids is 1. The second-order valence-electron chi connectivity index (χ2n) is 4.18. The summed E-state index contributed by atoms with van der Waals surface area (Å²) >= 11 is 4.69. The van der Waals surface area contributed by atoms with Crippen molar-refractivity contribution < 1.29 is 4.79 Å². The number of aryl methyl sites for hydroxylation is 1. The van der Waals surface area contributed by atoms with Gasteiger partial charge < -0.3 is 11.1 Å². The molecule has 100 valence electrons. The molecule has 0 aliphatic heterocycles. The number of hydrogen-bond donors (Lipinski definition) is 2. The molecular weight excluding hydrogens is 326 g/mol. The zero-order chi connectivity index (χ0) is 14.0. The fraction of sp³-hybridized carbons (Fsp3) is 0.231. The van der Waals surface area contributed by atoms with Gasteiger partial charge in [0, 0.05) is 4.47 Å². The molecule has 0 aliphatic rings. The molecule has 0 saturated heterocycles. The molecule has 2 aromatic rings. The molecule has 19 heavy (non-hydrogen) atoms. The lowest BCUT2D eigenvalue weighted by molar-refractivity contribution is 0.0943. The summed E-state index contributed by atoms with van der Waals surface area (Å²) in [6.45, 7) is 3.72. The highest BCUT2D eigenvalue weighted by atomic mass is 79.9. The van der Waals surface area contributed by atoms with Crippen LogP contribution in [0.15, 0.2) is 28.7 Å². The number of nitrogen functional groups attached to an aromatic ring is 1. The predicted octanol–water partition coefficient (Wildman–Crippen LogP) is 3.29.